The van der Waals surface area contributed by atoms with Crippen LogP contribution in [0.3, 0.4) is 0 Å². The number of rotatable bonds is 9. The molecule has 1 atom stereocenters. The van der Waals surface area contributed by atoms with Crippen LogP contribution in [0.5, 0.6) is 0 Å². The summed E-state index contributed by atoms with van der Waals surface area (Å²) in [4.78, 5) is 11.6. The largest absolute Gasteiger partial charge is 0.356 e. The van der Waals surface area contributed by atoms with Gasteiger partial charge in [-0.25, -0.2) is 13.6 Å². The lowest BCUT2D eigenvalue weighted by Crippen LogP contribution is -2.30. The molecule has 0 saturated carbocycles. The molecule has 5 N–H and O–H groups in total. The highest BCUT2D eigenvalue weighted by Crippen LogP contribution is 2.13. The molecule has 0 aromatic rings. The molecule has 18 heavy (non-hydrogen) atoms. The van der Waals surface area contributed by atoms with Crippen molar-refractivity contribution in [2.75, 3.05) is 18.8 Å². The van der Waals surface area contributed by atoms with E-state index in [1.54, 1.807) is 0 Å². The summed E-state index contributed by atoms with van der Waals surface area (Å²) >= 11 is 0. The topological polar surface area (TPSA) is 115 Å². The Labute approximate surface area is 110 Å². The quantitative estimate of drug-likeness (QED) is 0.506. The lowest BCUT2D eigenvalue weighted by molar-refractivity contribution is -0.122. The van der Waals surface area contributed by atoms with E-state index in [-0.39, 0.29) is 17.6 Å². The van der Waals surface area contributed by atoms with Gasteiger partial charge in [-0.1, -0.05) is 13.8 Å². The first-order chi connectivity index (χ1) is 8.24. The third kappa shape index (κ3) is 10.5. The van der Waals surface area contributed by atoms with Crippen LogP contribution < -0.4 is 16.2 Å². The van der Waals surface area contributed by atoms with Crippen molar-refractivity contribution in [1.82, 2.24) is 5.32 Å². The molecular weight excluding hydrogens is 254 g/mol. The van der Waals surface area contributed by atoms with E-state index in [4.69, 9.17) is 10.9 Å². The van der Waals surface area contributed by atoms with Gasteiger partial charge in [0.1, 0.15) is 0 Å². The van der Waals surface area contributed by atoms with Crippen molar-refractivity contribution < 1.29 is 13.2 Å². The van der Waals surface area contributed by atoms with Crippen molar-refractivity contribution in [1.29, 1.82) is 0 Å². The van der Waals surface area contributed by atoms with Crippen LogP contribution in [0.1, 0.15) is 33.1 Å². The molecule has 0 aliphatic rings. The standard InChI is InChI=1S/C11H25N3O3S/c1-9(2)6-10(8-12)7-11(15)14-4-3-5-18(13,16)17/h9-10H,3-8,12H2,1-2H3,(H,14,15)(H2,13,16,17)/t10-/m0/s1. The van der Waals surface area contributed by atoms with Crippen molar-refractivity contribution >= 4 is 15.9 Å². The van der Waals surface area contributed by atoms with E-state index < -0.39 is 10.0 Å². The normalized spacial score (nSPS) is 13.6. The summed E-state index contributed by atoms with van der Waals surface area (Å²) in [7, 11) is -3.44. The second kappa shape index (κ2) is 8.44. The molecule has 0 heterocycles. The highest BCUT2D eigenvalue weighted by atomic mass is 32.2. The minimum Gasteiger partial charge on any atom is -0.356 e. The number of primary sulfonamides is 1. The summed E-state index contributed by atoms with van der Waals surface area (Å²) in [6.07, 6.45) is 1.65. The predicted octanol–water partition coefficient (Wildman–Crippen LogP) is -0.208. The van der Waals surface area contributed by atoms with Crippen LogP contribution in [0, 0.1) is 11.8 Å². The van der Waals surface area contributed by atoms with Gasteiger partial charge < -0.3 is 11.1 Å². The summed E-state index contributed by atoms with van der Waals surface area (Å²) < 4.78 is 21.3. The predicted molar refractivity (Wildman–Crippen MR) is 72.2 cm³/mol. The van der Waals surface area contributed by atoms with Gasteiger partial charge in [-0.05, 0) is 31.2 Å². The minimum atomic E-state index is -3.44. The Morgan fingerprint density at radius 2 is 1.94 bits per heavy atom. The van der Waals surface area contributed by atoms with Crippen molar-refractivity contribution in [2.45, 2.75) is 33.1 Å². The molecule has 7 heteroatoms. The number of hydrogen-bond donors (Lipinski definition) is 3. The highest BCUT2D eigenvalue weighted by molar-refractivity contribution is 7.89. The summed E-state index contributed by atoms with van der Waals surface area (Å²) in [6.45, 7) is 5.00. The Kier molecular flexibility index (Phi) is 8.13. The van der Waals surface area contributed by atoms with E-state index in [2.05, 4.69) is 19.2 Å². The van der Waals surface area contributed by atoms with E-state index in [0.717, 1.165) is 6.42 Å². The number of carbonyl (C=O) groups is 1. The Morgan fingerprint density at radius 1 is 1.33 bits per heavy atom. The fraction of sp³-hybridized carbons (Fsp3) is 0.909. The van der Waals surface area contributed by atoms with Gasteiger partial charge in [0.15, 0.2) is 0 Å². The van der Waals surface area contributed by atoms with E-state index in [1.807, 2.05) is 0 Å². The third-order valence-electron chi connectivity index (χ3n) is 2.54. The van der Waals surface area contributed by atoms with Crippen LogP contribution in [0.15, 0.2) is 0 Å². The van der Waals surface area contributed by atoms with Gasteiger partial charge in [-0.3, -0.25) is 4.79 Å². The number of hydrogen-bond acceptors (Lipinski definition) is 4. The molecule has 0 aliphatic heterocycles. The van der Waals surface area contributed by atoms with E-state index >= 15 is 0 Å². The van der Waals surface area contributed by atoms with Gasteiger partial charge in [0, 0.05) is 13.0 Å². The highest BCUT2D eigenvalue weighted by Gasteiger charge is 2.13. The average Bonchev–Trinajstić information content (AvgIpc) is 2.21. The summed E-state index contributed by atoms with van der Waals surface area (Å²) in [5, 5.41) is 7.53. The molecule has 0 aliphatic carbocycles. The van der Waals surface area contributed by atoms with Crippen LogP contribution in [0.25, 0.3) is 0 Å². The molecule has 0 aromatic carbocycles. The number of nitrogens with two attached hydrogens (primary N) is 2. The summed E-state index contributed by atoms with van der Waals surface area (Å²) in [5.41, 5.74) is 5.61. The van der Waals surface area contributed by atoms with E-state index in [9.17, 15) is 13.2 Å². The van der Waals surface area contributed by atoms with Crippen LogP contribution in [-0.4, -0.2) is 33.2 Å². The SMILES string of the molecule is CC(C)C[C@H](CN)CC(=O)NCCCS(N)(=O)=O. The first-order valence-electron chi connectivity index (χ1n) is 6.21. The molecule has 0 aromatic heterocycles. The van der Waals surface area contributed by atoms with E-state index in [1.165, 1.54) is 0 Å². The third-order valence-corrected chi connectivity index (χ3v) is 3.40. The van der Waals surface area contributed by atoms with Crippen LogP contribution in [0.2, 0.25) is 0 Å². The zero-order valence-electron chi connectivity index (χ0n) is 11.2. The molecule has 0 bridgehead atoms. The second-order valence-electron chi connectivity index (χ2n) is 5.01. The van der Waals surface area contributed by atoms with Crippen LogP contribution in [-0.2, 0) is 14.8 Å². The molecule has 0 fully saturated rings. The average molecular weight is 279 g/mol. The van der Waals surface area contributed by atoms with Crippen molar-refractivity contribution in [2.24, 2.45) is 22.7 Å². The number of amides is 1. The molecule has 0 rings (SSSR count). The number of carbonyl (C=O) groups excluding carboxylic acids is 1. The Hall–Kier alpha value is -0.660. The first kappa shape index (κ1) is 17.3. The van der Waals surface area contributed by atoms with Gasteiger partial charge in [-0.15, -0.1) is 0 Å². The number of sulfonamides is 1. The van der Waals surface area contributed by atoms with Gasteiger partial charge in [0.25, 0.3) is 0 Å². The molecule has 0 unspecified atom stereocenters. The number of nitrogens with one attached hydrogen (secondary N) is 1. The molecule has 0 radical (unpaired) electrons. The fourth-order valence-corrected chi connectivity index (χ4v) is 2.31. The molecule has 108 valence electrons. The zero-order chi connectivity index (χ0) is 14.2. The Bertz CT molecular complexity index is 341. The fourth-order valence-electron chi connectivity index (χ4n) is 1.77. The van der Waals surface area contributed by atoms with Crippen LogP contribution in [0.4, 0.5) is 0 Å². The maximum absolute atomic E-state index is 11.6. The van der Waals surface area contributed by atoms with Crippen molar-refractivity contribution in [3.8, 4) is 0 Å². The zero-order valence-corrected chi connectivity index (χ0v) is 12.0. The van der Waals surface area contributed by atoms with Crippen molar-refractivity contribution in [3.63, 3.8) is 0 Å². The lowest BCUT2D eigenvalue weighted by atomic mass is 9.94. The lowest BCUT2D eigenvalue weighted by Gasteiger charge is -2.16. The molecular formula is C11H25N3O3S. The smallest absolute Gasteiger partial charge is 0.220 e. The van der Waals surface area contributed by atoms with Gasteiger partial charge in [0.05, 0.1) is 5.75 Å². The Balaban J connectivity index is 3.82. The maximum Gasteiger partial charge on any atom is 0.220 e. The van der Waals surface area contributed by atoms with Crippen LogP contribution >= 0.6 is 0 Å². The molecule has 0 saturated heterocycles. The molecule has 6 nitrogen and oxygen atoms in total. The summed E-state index contributed by atoms with van der Waals surface area (Å²) in [5.74, 6) is 0.497. The second-order valence-corrected chi connectivity index (χ2v) is 6.74. The monoisotopic (exact) mass is 279 g/mol. The summed E-state index contributed by atoms with van der Waals surface area (Å²) in [6, 6.07) is 0. The maximum atomic E-state index is 11.6. The molecule has 0 spiro atoms. The van der Waals surface area contributed by atoms with E-state index in [0.29, 0.717) is 31.8 Å². The minimum absolute atomic E-state index is 0.0829. The van der Waals surface area contributed by atoms with Gasteiger partial charge >= 0.3 is 0 Å². The van der Waals surface area contributed by atoms with Gasteiger partial charge in [0.2, 0.25) is 15.9 Å². The molecule has 1 amide bonds. The van der Waals surface area contributed by atoms with Gasteiger partial charge in [-0.2, -0.15) is 0 Å². The first-order valence-corrected chi connectivity index (χ1v) is 7.93. The Morgan fingerprint density at radius 3 is 2.39 bits per heavy atom. The van der Waals surface area contributed by atoms with Crippen molar-refractivity contribution in [3.05, 3.63) is 0 Å².